The summed E-state index contributed by atoms with van der Waals surface area (Å²) in [5.74, 6) is 2.41. The summed E-state index contributed by atoms with van der Waals surface area (Å²) in [6.45, 7) is 3.17. The monoisotopic (exact) mass is 679 g/mol. The molecule has 6 fully saturated rings. The maximum absolute atomic E-state index is 13.1. The first-order valence-corrected chi connectivity index (χ1v) is 18.9. The Morgan fingerprint density at radius 1 is 0.880 bits per heavy atom. The van der Waals surface area contributed by atoms with E-state index in [0.717, 1.165) is 103 Å². The zero-order valence-electron chi connectivity index (χ0n) is 29.4. The number of nitrogens with one attached hydrogen (secondary N) is 2. The first-order chi connectivity index (χ1) is 24.4. The van der Waals surface area contributed by atoms with Crippen LogP contribution in [0.2, 0.25) is 0 Å². The van der Waals surface area contributed by atoms with E-state index in [4.69, 9.17) is 14.2 Å². The average molecular weight is 680 g/mol. The number of carbonyl (C=O) groups excluding carboxylic acids is 1. The third kappa shape index (κ3) is 7.51. The van der Waals surface area contributed by atoms with Crippen molar-refractivity contribution in [3.8, 4) is 11.1 Å². The van der Waals surface area contributed by atoms with Crippen molar-refractivity contribution in [3.63, 3.8) is 0 Å². The molecule has 0 unspecified atom stereocenters. The molecule has 4 aliphatic carbocycles. The molecule has 8 nitrogen and oxygen atoms in total. The van der Waals surface area contributed by atoms with Crippen LogP contribution in [0.4, 0.5) is 4.79 Å². The van der Waals surface area contributed by atoms with Crippen molar-refractivity contribution in [2.45, 2.75) is 101 Å². The van der Waals surface area contributed by atoms with Crippen LogP contribution in [-0.2, 0) is 27.4 Å². The summed E-state index contributed by atoms with van der Waals surface area (Å²) in [6, 6.07) is 25.4. The first-order valence-electron chi connectivity index (χ1n) is 18.9. The molecule has 0 spiro atoms. The van der Waals surface area contributed by atoms with Crippen molar-refractivity contribution in [3.05, 3.63) is 95.1 Å². The van der Waals surface area contributed by atoms with Gasteiger partial charge in [0.1, 0.15) is 0 Å². The first kappa shape index (κ1) is 33.9. The molecule has 0 aromatic heterocycles. The smallest absolute Gasteiger partial charge is 0.315 e. The molecule has 9 rings (SSSR count). The zero-order valence-corrected chi connectivity index (χ0v) is 29.4. The lowest BCUT2D eigenvalue weighted by molar-refractivity contribution is -0.253. The Bertz CT molecular complexity index is 1580. The van der Waals surface area contributed by atoms with Crippen LogP contribution in [0.5, 0.6) is 0 Å². The quantitative estimate of drug-likeness (QED) is 0.198. The molecular weight excluding hydrogens is 626 g/mol. The lowest BCUT2D eigenvalue weighted by Gasteiger charge is -2.56. The van der Waals surface area contributed by atoms with Crippen molar-refractivity contribution in [1.29, 1.82) is 0 Å². The van der Waals surface area contributed by atoms with Crippen molar-refractivity contribution in [1.82, 2.24) is 15.5 Å². The molecule has 50 heavy (non-hydrogen) atoms. The van der Waals surface area contributed by atoms with E-state index < -0.39 is 6.29 Å². The van der Waals surface area contributed by atoms with Crippen LogP contribution in [0.25, 0.3) is 11.1 Å². The summed E-state index contributed by atoms with van der Waals surface area (Å²) in [6.07, 6.45) is 10.1. The molecule has 4 bridgehead atoms. The predicted octanol–water partition coefficient (Wildman–Crippen LogP) is 7.27. The number of carbonyl (C=O) groups is 1. The van der Waals surface area contributed by atoms with Crippen LogP contribution in [0.3, 0.4) is 0 Å². The molecule has 6 aliphatic rings. The van der Waals surface area contributed by atoms with Crippen LogP contribution >= 0.6 is 0 Å². The number of amides is 2. The number of nitrogens with zero attached hydrogens (tertiary/aromatic N) is 1. The third-order valence-electron chi connectivity index (χ3n) is 12.2. The van der Waals surface area contributed by atoms with Crippen molar-refractivity contribution >= 4 is 6.03 Å². The van der Waals surface area contributed by atoms with Gasteiger partial charge in [0.15, 0.2) is 6.29 Å². The maximum Gasteiger partial charge on any atom is 0.315 e. The molecular formula is C42H53N3O5. The molecule has 2 saturated heterocycles. The lowest BCUT2D eigenvalue weighted by Crippen LogP contribution is -2.61. The second-order valence-corrected chi connectivity index (χ2v) is 15.9. The number of likely N-dealkylation sites (tertiary alicyclic amines) is 1. The zero-order chi connectivity index (χ0) is 34.1. The number of rotatable bonds is 11. The van der Waals surface area contributed by atoms with Crippen molar-refractivity contribution in [2.75, 3.05) is 26.8 Å². The maximum atomic E-state index is 13.1. The Kier molecular flexibility index (Phi) is 9.99. The SMILES string of the molecule is COC[C@@H]1CCCN1C[C@@H]1C[C@H](c2ccc(CO)cc2)O[C@H](c2ccc(-c3cccc(CNC(=O)NC45CC6CC(CC(C6)C4)C5)c3)cc2)O1. The van der Waals surface area contributed by atoms with Crippen molar-refractivity contribution < 1.29 is 24.1 Å². The van der Waals surface area contributed by atoms with E-state index >= 15 is 0 Å². The van der Waals surface area contributed by atoms with Gasteiger partial charge in [0.25, 0.3) is 0 Å². The van der Waals surface area contributed by atoms with Gasteiger partial charge in [0.05, 0.1) is 25.4 Å². The Balaban J connectivity index is 0.924. The highest BCUT2D eigenvalue weighted by Crippen LogP contribution is 2.55. The molecule has 0 radical (unpaired) electrons. The molecule has 8 heteroatoms. The van der Waals surface area contributed by atoms with E-state index in [0.29, 0.717) is 12.6 Å². The molecule has 4 atom stereocenters. The van der Waals surface area contributed by atoms with Crippen LogP contribution in [0.15, 0.2) is 72.8 Å². The van der Waals surface area contributed by atoms with Gasteiger partial charge in [0.2, 0.25) is 0 Å². The summed E-state index contributed by atoms with van der Waals surface area (Å²) in [7, 11) is 1.78. The lowest BCUT2D eigenvalue weighted by atomic mass is 9.53. The van der Waals surface area contributed by atoms with E-state index in [-0.39, 0.29) is 30.4 Å². The highest BCUT2D eigenvalue weighted by molar-refractivity contribution is 5.75. The number of hydrogen-bond acceptors (Lipinski definition) is 6. The summed E-state index contributed by atoms with van der Waals surface area (Å²) >= 11 is 0. The summed E-state index contributed by atoms with van der Waals surface area (Å²) < 4.78 is 18.8. The average Bonchev–Trinajstić information content (AvgIpc) is 3.56. The third-order valence-corrected chi connectivity index (χ3v) is 12.2. The molecule has 3 N–H and O–H groups in total. The summed E-state index contributed by atoms with van der Waals surface area (Å²) in [5, 5.41) is 16.2. The minimum Gasteiger partial charge on any atom is -0.392 e. The highest BCUT2D eigenvalue weighted by Gasteiger charge is 2.51. The fraction of sp³-hybridized carbons (Fsp3) is 0.548. The van der Waals surface area contributed by atoms with E-state index in [9.17, 15) is 9.90 Å². The van der Waals surface area contributed by atoms with E-state index in [1.165, 1.54) is 25.7 Å². The van der Waals surface area contributed by atoms with Gasteiger partial charge in [0, 0.05) is 43.8 Å². The number of methoxy groups -OCH3 is 1. The van der Waals surface area contributed by atoms with Crippen LogP contribution in [0, 0.1) is 17.8 Å². The summed E-state index contributed by atoms with van der Waals surface area (Å²) in [4.78, 5) is 15.6. The minimum absolute atomic E-state index is 0.0118. The van der Waals surface area contributed by atoms with Gasteiger partial charge in [-0.05, 0) is 110 Å². The normalized spacial score (nSPS) is 31.9. The molecule has 2 heterocycles. The van der Waals surface area contributed by atoms with Crippen LogP contribution in [0.1, 0.15) is 92.4 Å². The largest absolute Gasteiger partial charge is 0.392 e. The van der Waals surface area contributed by atoms with Gasteiger partial charge in [-0.2, -0.15) is 0 Å². The Labute approximate surface area is 296 Å². The predicted molar refractivity (Wildman–Crippen MR) is 193 cm³/mol. The topological polar surface area (TPSA) is 92.3 Å². The van der Waals surface area contributed by atoms with Crippen LogP contribution in [-0.4, -0.2) is 60.5 Å². The van der Waals surface area contributed by atoms with E-state index in [1.807, 2.05) is 12.1 Å². The number of benzene rings is 3. The number of ether oxygens (including phenoxy) is 3. The number of aliphatic hydroxyl groups is 1. The second kappa shape index (κ2) is 14.8. The Morgan fingerprint density at radius 3 is 2.30 bits per heavy atom. The van der Waals surface area contributed by atoms with Gasteiger partial charge in [-0.15, -0.1) is 0 Å². The second-order valence-electron chi connectivity index (χ2n) is 15.9. The molecule has 2 aliphatic heterocycles. The molecule has 3 aromatic rings. The summed E-state index contributed by atoms with van der Waals surface area (Å²) in [5.41, 5.74) is 6.30. The number of hydrogen-bond donors (Lipinski definition) is 3. The van der Waals surface area contributed by atoms with Gasteiger partial charge in [-0.3, -0.25) is 4.90 Å². The molecule has 266 valence electrons. The number of urea groups is 1. The Hall–Kier alpha value is -3.27. The molecule has 2 amide bonds. The van der Waals surface area contributed by atoms with Crippen LogP contribution < -0.4 is 10.6 Å². The minimum atomic E-state index is -0.489. The Morgan fingerprint density at radius 2 is 1.60 bits per heavy atom. The molecule has 4 saturated carbocycles. The van der Waals surface area contributed by atoms with Gasteiger partial charge in [-0.1, -0.05) is 66.7 Å². The van der Waals surface area contributed by atoms with Crippen molar-refractivity contribution in [2.24, 2.45) is 17.8 Å². The molecule has 3 aromatic carbocycles. The number of aliphatic hydroxyl groups excluding tert-OH is 1. The van der Waals surface area contributed by atoms with E-state index in [1.54, 1.807) is 7.11 Å². The van der Waals surface area contributed by atoms with Gasteiger partial charge < -0.3 is 30.0 Å². The van der Waals surface area contributed by atoms with E-state index in [2.05, 4.69) is 76.2 Å². The highest BCUT2D eigenvalue weighted by atomic mass is 16.7. The standard InChI is InChI=1S/C42H53N3O5/c1-48-27-37-6-3-15-45(37)25-38-20-39(34-9-7-28(26-46)8-10-34)50-40(49-38)35-13-11-33(12-14-35)36-5-2-4-29(19-36)24-43-41(47)44-42-21-30-16-31(22-42)18-32(17-30)23-42/h2,4-5,7-14,19,30-32,37-40,46H,3,6,15-18,20-27H2,1H3,(H2,43,44,47)/t30?,31?,32?,37-,38-,39+,40+,42?/m0/s1. The van der Waals surface area contributed by atoms with Gasteiger partial charge >= 0.3 is 6.03 Å². The fourth-order valence-electron chi connectivity index (χ4n) is 10.2. The van der Waals surface area contributed by atoms with Gasteiger partial charge in [-0.25, -0.2) is 4.79 Å². The fourth-order valence-corrected chi connectivity index (χ4v) is 10.2.